The van der Waals surface area contributed by atoms with Gasteiger partial charge in [-0.2, -0.15) is 0 Å². The van der Waals surface area contributed by atoms with Crippen LogP contribution in [0.2, 0.25) is 0 Å². The van der Waals surface area contributed by atoms with Gasteiger partial charge in [0, 0.05) is 56.8 Å². The van der Waals surface area contributed by atoms with Gasteiger partial charge in [0.15, 0.2) is 0 Å². The molecule has 4 rings (SSSR count). The van der Waals surface area contributed by atoms with Gasteiger partial charge in [0.05, 0.1) is 0 Å². The van der Waals surface area contributed by atoms with Gasteiger partial charge in [-0.05, 0) is 43.0 Å². The van der Waals surface area contributed by atoms with Crippen LogP contribution in [0.3, 0.4) is 0 Å². The van der Waals surface area contributed by atoms with Gasteiger partial charge in [0.1, 0.15) is 5.69 Å². The molecule has 0 saturated carbocycles. The van der Waals surface area contributed by atoms with E-state index in [0.29, 0.717) is 11.6 Å². The first-order chi connectivity index (χ1) is 13.2. The summed E-state index contributed by atoms with van der Waals surface area (Å²) in [4.78, 5) is 24.0. The summed E-state index contributed by atoms with van der Waals surface area (Å²) in [6, 6.07) is 14.6. The molecular weight excluding hydrogens is 336 g/mol. The van der Waals surface area contributed by atoms with Crippen LogP contribution in [0.4, 0.5) is 11.4 Å². The predicted molar refractivity (Wildman–Crippen MR) is 109 cm³/mol. The number of likely N-dealkylation sites (tertiary alicyclic amines) is 1. The molecule has 1 atom stereocenters. The SMILES string of the molecule is CC1CCCN(C(=O)c2cc(N3CCN(c4ccccc4)CC3)ccn2)C1. The van der Waals surface area contributed by atoms with Crippen LogP contribution in [-0.4, -0.2) is 55.1 Å². The van der Waals surface area contributed by atoms with E-state index < -0.39 is 0 Å². The summed E-state index contributed by atoms with van der Waals surface area (Å²) in [7, 11) is 0. The third-order valence-electron chi connectivity index (χ3n) is 5.67. The highest BCUT2D eigenvalue weighted by Crippen LogP contribution is 2.22. The van der Waals surface area contributed by atoms with Gasteiger partial charge in [-0.15, -0.1) is 0 Å². The predicted octanol–water partition coefficient (Wildman–Crippen LogP) is 3.28. The van der Waals surface area contributed by atoms with Crippen LogP contribution < -0.4 is 9.80 Å². The third-order valence-corrected chi connectivity index (χ3v) is 5.67. The molecule has 142 valence electrons. The van der Waals surface area contributed by atoms with E-state index in [-0.39, 0.29) is 5.91 Å². The van der Waals surface area contributed by atoms with Crippen LogP contribution in [0.5, 0.6) is 0 Å². The number of piperazine rings is 1. The number of aromatic nitrogens is 1. The zero-order valence-corrected chi connectivity index (χ0v) is 16.1. The Hall–Kier alpha value is -2.56. The average Bonchev–Trinajstić information content (AvgIpc) is 2.74. The largest absolute Gasteiger partial charge is 0.368 e. The minimum atomic E-state index is 0.0753. The van der Waals surface area contributed by atoms with Crippen LogP contribution in [0.1, 0.15) is 30.3 Å². The summed E-state index contributed by atoms with van der Waals surface area (Å²) in [6.45, 7) is 7.79. The Labute approximate surface area is 161 Å². The molecule has 0 radical (unpaired) electrons. The van der Waals surface area contributed by atoms with Gasteiger partial charge >= 0.3 is 0 Å². The summed E-state index contributed by atoms with van der Waals surface area (Å²) in [6.07, 6.45) is 4.08. The van der Waals surface area contributed by atoms with Crippen molar-refractivity contribution in [3.05, 3.63) is 54.4 Å². The van der Waals surface area contributed by atoms with Crippen molar-refractivity contribution < 1.29 is 4.79 Å². The number of carbonyl (C=O) groups is 1. The molecule has 1 amide bonds. The van der Waals surface area contributed by atoms with E-state index in [2.05, 4.69) is 52.0 Å². The van der Waals surface area contributed by atoms with Crippen LogP contribution in [0, 0.1) is 5.92 Å². The molecule has 1 aromatic heterocycles. The minimum Gasteiger partial charge on any atom is -0.368 e. The molecular formula is C22H28N4O. The second-order valence-electron chi connectivity index (χ2n) is 7.71. The molecule has 0 bridgehead atoms. The molecule has 1 aromatic carbocycles. The highest BCUT2D eigenvalue weighted by atomic mass is 16.2. The van der Waals surface area contributed by atoms with E-state index >= 15 is 0 Å². The first kappa shape index (κ1) is 17.8. The van der Waals surface area contributed by atoms with Crippen molar-refractivity contribution >= 4 is 17.3 Å². The average molecular weight is 364 g/mol. The highest BCUT2D eigenvalue weighted by molar-refractivity contribution is 5.93. The summed E-state index contributed by atoms with van der Waals surface area (Å²) in [5.41, 5.74) is 2.96. The number of benzene rings is 1. The maximum Gasteiger partial charge on any atom is 0.272 e. The monoisotopic (exact) mass is 364 g/mol. The first-order valence-electron chi connectivity index (χ1n) is 10.0. The Morgan fingerprint density at radius 1 is 0.963 bits per heavy atom. The molecule has 0 spiro atoms. The van der Waals surface area contributed by atoms with Gasteiger partial charge in [-0.3, -0.25) is 9.78 Å². The van der Waals surface area contributed by atoms with Crippen molar-refractivity contribution in [3.63, 3.8) is 0 Å². The molecule has 3 heterocycles. The fourth-order valence-corrected chi connectivity index (χ4v) is 4.13. The van der Waals surface area contributed by atoms with Crippen molar-refractivity contribution in [1.29, 1.82) is 0 Å². The quantitative estimate of drug-likeness (QED) is 0.838. The van der Waals surface area contributed by atoms with E-state index in [9.17, 15) is 4.79 Å². The summed E-state index contributed by atoms with van der Waals surface area (Å²) >= 11 is 0. The number of para-hydroxylation sites is 1. The maximum absolute atomic E-state index is 12.9. The highest BCUT2D eigenvalue weighted by Gasteiger charge is 2.24. The van der Waals surface area contributed by atoms with Crippen LogP contribution in [-0.2, 0) is 0 Å². The molecule has 5 nitrogen and oxygen atoms in total. The number of hydrogen-bond acceptors (Lipinski definition) is 4. The molecule has 2 fully saturated rings. The summed E-state index contributed by atoms with van der Waals surface area (Å²) in [5, 5.41) is 0. The number of piperidine rings is 1. The molecule has 2 aromatic rings. The van der Waals surface area contributed by atoms with E-state index in [1.165, 1.54) is 12.1 Å². The van der Waals surface area contributed by atoms with Crippen molar-refractivity contribution in [1.82, 2.24) is 9.88 Å². The maximum atomic E-state index is 12.9. The first-order valence-corrected chi connectivity index (χ1v) is 10.0. The molecule has 1 unspecified atom stereocenters. The second-order valence-corrected chi connectivity index (χ2v) is 7.71. The van der Waals surface area contributed by atoms with E-state index in [1.807, 2.05) is 17.0 Å². The molecule has 2 aliphatic rings. The van der Waals surface area contributed by atoms with Crippen LogP contribution in [0.15, 0.2) is 48.7 Å². The van der Waals surface area contributed by atoms with Crippen molar-refractivity contribution in [2.75, 3.05) is 49.1 Å². The third kappa shape index (κ3) is 4.07. The Bertz CT molecular complexity index is 771. The number of amides is 1. The fraction of sp³-hybridized carbons (Fsp3) is 0.455. The molecule has 0 aliphatic carbocycles. The van der Waals surface area contributed by atoms with E-state index in [1.54, 1.807) is 6.20 Å². The Morgan fingerprint density at radius 3 is 2.37 bits per heavy atom. The Morgan fingerprint density at radius 2 is 1.67 bits per heavy atom. The Balaban J connectivity index is 1.42. The number of carbonyl (C=O) groups excluding carboxylic acids is 1. The van der Waals surface area contributed by atoms with Crippen molar-refractivity contribution in [3.8, 4) is 0 Å². The lowest BCUT2D eigenvalue weighted by Gasteiger charge is -2.37. The zero-order chi connectivity index (χ0) is 18.6. The molecule has 5 heteroatoms. The summed E-state index contributed by atoms with van der Waals surface area (Å²) < 4.78 is 0. The zero-order valence-electron chi connectivity index (χ0n) is 16.1. The summed E-state index contributed by atoms with van der Waals surface area (Å²) in [5.74, 6) is 0.656. The number of anilines is 2. The lowest BCUT2D eigenvalue weighted by molar-refractivity contribution is 0.0677. The molecule has 2 saturated heterocycles. The standard InChI is InChI=1S/C22H28N4O/c1-18-6-5-11-26(17-18)22(27)21-16-20(9-10-23-21)25-14-12-24(13-15-25)19-7-3-2-4-8-19/h2-4,7-10,16,18H,5-6,11-15,17H2,1H3. The van der Waals surface area contributed by atoms with Crippen LogP contribution in [0.25, 0.3) is 0 Å². The van der Waals surface area contributed by atoms with Crippen LogP contribution >= 0.6 is 0 Å². The van der Waals surface area contributed by atoms with Crippen molar-refractivity contribution in [2.45, 2.75) is 19.8 Å². The number of hydrogen-bond donors (Lipinski definition) is 0. The smallest absolute Gasteiger partial charge is 0.272 e. The van der Waals surface area contributed by atoms with Crippen molar-refractivity contribution in [2.24, 2.45) is 5.92 Å². The van der Waals surface area contributed by atoms with Gasteiger partial charge in [0.2, 0.25) is 0 Å². The van der Waals surface area contributed by atoms with Gasteiger partial charge < -0.3 is 14.7 Å². The topological polar surface area (TPSA) is 39.7 Å². The number of nitrogens with zero attached hydrogens (tertiary/aromatic N) is 4. The van der Waals surface area contributed by atoms with Gasteiger partial charge in [-0.25, -0.2) is 0 Å². The molecule has 27 heavy (non-hydrogen) atoms. The van der Waals surface area contributed by atoms with Gasteiger partial charge in [0.25, 0.3) is 5.91 Å². The normalized spacial score (nSPS) is 20.6. The lowest BCUT2D eigenvalue weighted by Crippen LogP contribution is -2.46. The minimum absolute atomic E-state index is 0.0753. The molecule has 0 N–H and O–H groups in total. The van der Waals surface area contributed by atoms with Gasteiger partial charge in [-0.1, -0.05) is 25.1 Å². The number of pyridine rings is 1. The second kappa shape index (κ2) is 7.99. The lowest BCUT2D eigenvalue weighted by atomic mass is 10.00. The van der Waals surface area contributed by atoms with E-state index in [0.717, 1.165) is 51.4 Å². The number of rotatable bonds is 3. The Kier molecular flexibility index (Phi) is 5.28. The molecule has 2 aliphatic heterocycles. The van der Waals surface area contributed by atoms with E-state index in [4.69, 9.17) is 0 Å². The fourth-order valence-electron chi connectivity index (χ4n) is 4.13.